The Balaban J connectivity index is 1.28. The minimum absolute atomic E-state index is 0.300. The van der Waals surface area contributed by atoms with Crippen LogP contribution in [0.5, 0.6) is 23.0 Å². The number of carbonyl (C=O) groups excluding carboxylic acids is 2. The molecule has 186 valence electrons. The predicted molar refractivity (Wildman–Crippen MR) is 133 cm³/mol. The number of carbonyl (C=O) groups is 2. The molecule has 0 unspecified atom stereocenters. The second kappa shape index (κ2) is 10.2. The molecule has 2 heterocycles. The average molecular weight is 489 g/mol. The summed E-state index contributed by atoms with van der Waals surface area (Å²) in [4.78, 5) is 26.4. The molecule has 0 bridgehead atoms. The smallest absolute Gasteiger partial charge is 0.252 e. The standard InChI is InChI=1S/C28H28N2O6/c1-17(19-7-9-23-25(15-19)35-13-11-33-23)29-27(31)21-5-3-4-6-22(21)28(32)30-18(2)20-8-10-24-26(16-20)36-14-12-34-24/h3-10,15-18H,11-14H2,1-2H3,(H,29,31)(H,30,32)/t17-,18-/m1/s1. The lowest BCUT2D eigenvalue weighted by atomic mass is 10.0. The lowest BCUT2D eigenvalue weighted by Gasteiger charge is -2.22. The molecule has 0 aliphatic carbocycles. The SMILES string of the molecule is C[C@@H](NC(=O)c1ccccc1C(=O)N[C@H](C)c1ccc2c(c1)OCCO2)c1ccc2c(c1)OCCO2. The maximum absolute atomic E-state index is 13.2. The summed E-state index contributed by atoms with van der Waals surface area (Å²) in [5.74, 6) is 2.03. The van der Waals surface area contributed by atoms with Gasteiger partial charge in [-0.1, -0.05) is 24.3 Å². The second-order valence-corrected chi connectivity index (χ2v) is 8.74. The van der Waals surface area contributed by atoms with Crippen molar-refractivity contribution in [3.05, 3.63) is 82.9 Å². The van der Waals surface area contributed by atoms with Gasteiger partial charge < -0.3 is 29.6 Å². The Labute approximate surface area is 209 Å². The summed E-state index contributed by atoms with van der Waals surface area (Å²) < 4.78 is 22.4. The van der Waals surface area contributed by atoms with Crippen molar-refractivity contribution >= 4 is 11.8 Å². The van der Waals surface area contributed by atoms with Gasteiger partial charge in [0.25, 0.3) is 11.8 Å². The number of hydrogen-bond acceptors (Lipinski definition) is 6. The quantitative estimate of drug-likeness (QED) is 0.540. The first-order valence-electron chi connectivity index (χ1n) is 12.0. The third-order valence-corrected chi connectivity index (χ3v) is 6.24. The van der Waals surface area contributed by atoms with Crippen LogP contribution in [0.4, 0.5) is 0 Å². The van der Waals surface area contributed by atoms with Gasteiger partial charge in [-0.05, 0) is 61.4 Å². The fourth-order valence-corrected chi connectivity index (χ4v) is 4.25. The molecule has 3 aromatic carbocycles. The Morgan fingerprint density at radius 3 is 1.42 bits per heavy atom. The molecular weight excluding hydrogens is 460 g/mol. The fraction of sp³-hybridized carbons (Fsp3) is 0.286. The van der Waals surface area contributed by atoms with E-state index in [0.717, 1.165) is 11.1 Å². The summed E-state index contributed by atoms with van der Waals surface area (Å²) in [7, 11) is 0. The monoisotopic (exact) mass is 488 g/mol. The van der Waals surface area contributed by atoms with Crippen molar-refractivity contribution in [2.24, 2.45) is 0 Å². The molecule has 0 aromatic heterocycles. The molecule has 2 atom stereocenters. The maximum atomic E-state index is 13.2. The first kappa shape index (κ1) is 23.5. The normalized spacial score (nSPS) is 15.4. The van der Waals surface area contributed by atoms with Crippen LogP contribution in [-0.2, 0) is 0 Å². The maximum Gasteiger partial charge on any atom is 0.252 e. The van der Waals surface area contributed by atoms with Crippen molar-refractivity contribution in [3.8, 4) is 23.0 Å². The summed E-state index contributed by atoms with van der Waals surface area (Å²) in [6, 6.07) is 17.4. The van der Waals surface area contributed by atoms with Crippen molar-refractivity contribution in [2.45, 2.75) is 25.9 Å². The van der Waals surface area contributed by atoms with E-state index in [4.69, 9.17) is 18.9 Å². The van der Waals surface area contributed by atoms with Gasteiger partial charge in [-0.3, -0.25) is 9.59 Å². The Hall–Kier alpha value is -4.20. The summed E-state index contributed by atoms with van der Waals surface area (Å²) in [6.45, 7) is 5.79. The van der Waals surface area contributed by atoms with Gasteiger partial charge in [0.05, 0.1) is 23.2 Å². The molecule has 0 spiro atoms. The zero-order valence-corrected chi connectivity index (χ0v) is 20.2. The van der Waals surface area contributed by atoms with E-state index in [9.17, 15) is 9.59 Å². The van der Waals surface area contributed by atoms with Gasteiger partial charge in [0.15, 0.2) is 23.0 Å². The van der Waals surface area contributed by atoms with Gasteiger partial charge in [-0.15, -0.1) is 0 Å². The topological polar surface area (TPSA) is 95.1 Å². The third kappa shape index (κ3) is 4.93. The average Bonchev–Trinajstić information content (AvgIpc) is 2.92. The molecule has 2 aliphatic heterocycles. The summed E-state index contributed by atoms with van der Waals surface area (Å²) >= 11 is 0. The van der Waals surface area contributed by atoms with E-state index in [0.29, 0.717) is 60.6 Å². The lowest BCUT2D eigenvalue weighted by Crippen LogP contribution is -2.32. The first-order valence-corrected chi connectivity index (χ1v) is 12.0. The first-order chi connectivity index (χ1) is 17.5. The van der Waals surface area contributed by atoms with E-state index >= 15 is 0 Å². The molecule has 36 heavy (non-hydrogen) atoms. The predicted octanol–water partition coefficient (Wildman–Crippen LogP) is 4.21. The molecule has 2 N–H and O–H groups in total. The molecule has 0 saturated carbocycles. The minimum atomic E-state index is -0.338. The second-order valence-electron chi connectivity index (χ2n) is 8.74. The summed E-state index contributed by atoms with van der Waals surface area (Å²) in [5.41, 5.74) is 2.35. The van der Waals surface area contributed by atoms with Crippen LogP contribution in [0, 0.1) is 0 Å². The van der Waals surface area contributed by atoms with E-state index < -0.39 is 0 Å². The third-order valence-electron chi connectivity index (χ3n) is 6.24. The van der Waals surface area contributed by atoms with Crippen molar-refractivity contribution in [2.75, 3.05) is 26.4 Å². The van der Waals surface area contributed by atoms with E-state index in [-0.39, 0.29) is 23.9 Å². The molecule has 3 aromatic rings. The van der Waals surface area contributed by atoms with Gasteiger partial charge in [0, 0.05) is 0 Å². The number of hydrogen-bond donors (Lipinski definition) is 2. The molecule has 8 nitrogen and oxygen atoms in total. The Kier molecular flexibility index (Phi) is 6.66. The van der Waals surface area contributed by atoms with Gasteiger partial charge >= 0.3 is 0 Å². The van der Waals surface area contributed by atoms with E-state index in [1.807, 2.05) is 50.2 Å². The van der Waals surface area contributed by atoms with Crippen LogP contribution >= 0.6 is 0 Å². The Morgan fingerprint density at radius 2 is 1.00 bits per heavy atom. The number of rotatable bonds is 6. The largest absolute Gasteiger partial charge is 0.486 e. The molecule has 0 fully saturated rings. The molecule has 8 heteroatoms. The van der Waals surface area contributed by atoms with E-state index in [1.54, 1.807) is 24.3 Å². The van der Waals surface area contributed by atoms with Crippen LogP contribution in [0.3, 0.4) is 0 Å². The van der Waals surface area contributed by atoms with Crippen molar-refractivity contribution in [1.82, 2.24) is 10.6 Å². The Morgan fingerprint density at radius 1 is 0.611 bits per heavy atom. The van der Waals surface area contributed by atoms with Crippen molar-refractivity contribution in [1.29, 1.82) is 0 Å². The van der Waals surface area contributed by atoms with Gasteiger partial charge in [0.1, 0.15) is 26.4 Å². The van der Waals surface area contributed by atoms with Crippen molar-refractivity contribution < 1.29 is 28.5 Å². The van der Waals surface area contributed by atoms with E-state index in [2.05, 4.69) is 10.6 Å². The van der Waals surface area contributed by atoms with Crippen LogP contribution in [0.25, 0.3) is 0 Å². The molecule has 0 saturated heterocycles. The summed E-state index contributed by atoms with van der Waals surface area (Å²) in [5, 5.41) is 5.98. The molecule has 5 rings (SSSR count). The van der Waals surface area contributed by atoms with Crippen LogP contribution in [-0.4, -0.2) is 38.2 Å². The highest BCUT2D eigenvalue weighted by Crippen LogP contribution is 2.34. The van der Waals surface area contributed by atoms with Crippen molar-refractivity contribution in [3.63, 3.8) is 0 Å². The van der Waals surface area contributed by atoms with Crippen LogP contribution in [0.1, 0.15) is 57.8 Å². The molecular formula is C28H28N2O6. The number of amides is 2. The molecule has 2 amide bonds. The molecule has 2 aliphatic rings. The zero-order chi connectivity index (χ0) is 25.1. The fourth-order valence-electron chi connectivity index (χ4n) is 4.25. The highest BCUT2D eigenvalue weighted by Gasteiger charge is 2.22. The number of nitrogens with one attached hydrogen (secondary N) is 2. The van der Waals surface area contributed by atoms with Gasteiger partial charge in [0.2, 0.25) is 0 Å². The van der Waals surface area contributed by atoms with E-state index in [1.165, 1.54) is 0 Å². The van der Waals surface area contributed by atoms with Gasteiger partial charge in [-0.2, -0.15) is 0 Å². The molecule has 0 radical (unpaired) electrons. The highest BCUT2D eigenvalue weighted by molar-refractivity contribution is 6.07. The number of ether oxygens (including phenoxy) is 4. The highest BCUT2D eigenvalue weighted by atomic mass is 16.6. The van der Waals surface area contributed by atoms with Crippen LogP contribution in [0.2, 0.25) is 0 Å². The number of benzene rings is 3. The Bertz CT molecular complexity index is 1190. The minimum Gasteiger partial charge on any atom is -0.486 e. The van der Waals surface area contributed by atoms with Crippen LogP contribution < -0.4 is 29.6 Å². The lowest BCUT2D eigenvalue weighted by molar-refractivity contribution is 0.0905. The van der Waals surface area contributed by atoms with Crippen LogP contribution in [0.15, 0.2) is 60.7 Å². The zero-order valence-electron chi connectivity index (χ0n) is 20.2. The summed E-state index contributed by atoms with van der Waals surface area (Å²) in [6.07, 6.45) is 0. The van der Waals surface area contributed by atoms with Gasteiger partial charge in [-0.25, -0.2) is 0 Å². The number of fused-ring (bicyclic) bond motifs is 2.